The normalized spacial score (nSPS) is 13.0. The molecule has 4 aromatic heterocycles. The van der Waals surface area contributed by atoms with Crippen molar-refractivity contribution in [2.45, 2.75) is 80.1 Å². The van der Waals surface area contributed by atoms with Gasteiger partial charge in [-0.15, -0.1) is 45.3 Å². The molecule has 6 heteroatoms. The maximum atomic E-state index is 5.17. The van der Waals surface area contributed by atoms with Gasteiger partial charge < -0.3 is 0 Å². The van der Waals surface area contributed by atoms with Gasteiger partial charge in [0.2, 0.25) is 0 Å². The van der Waals surface area contributed by atoms with Gasteiger partial charge in [-0.2, -0.15) is 0 Å². The van der Waals surface area contributed by atoms with E-state index < -0.39 is 0 Å². The largest absolute Gasteiger partial charge is 0.235 e. The van der Waals surface area contributed by atoms with Gasteiger partial charge in [0.15, 0.2) is 0 Å². The van der Waals surface area contributed by atoms with Crippen LogP contribution in [-0.4, -0.2) is 9.97 Å². The summed E-state index contributed by atoms with van der Waals surface area (Å²) in [5, 5.41) is 2.30. The first-order valence-corrected chi connectivity index (χ1v) is 16.4. The van der Waals surface area contributed by atoms with E-state index in [9.17, 15) is 0 Å². The predicted octanol–water partition coefficient (Wildman–Crippen LogP) is 11.3. The molecule has 0 unspecified atom stereocenters. The summed E-state index contributed by atoms with van der Waals surface area (Å²) in [7, 11) is 0. The molecule has 0 aliphatic carbocycles. The monoisotopic (exact) mass is 574 g/mol. The predicted molar refractivity (Wildman–Crippen MR) is 173 cm³/mol. The molecule has 0 aliphatic rings. The van der Waals surface area contributed by atoms with E-state index in [1.165, 1.54) is 61.9 Å². The molecule has 0 N–H and O–H groups in total. The number of aromatic nitrogens is 2. The molecule has 6 aromatic rings. The number of fused-ring (bicyclic) bond motifs is 3. The number of rotatable bonds is 2. The molecule has 0 fully saturated rings. The molecule has 0 radical (unpaired) electrons. The Morgan fingerprint density at radius 2 is 0.842 bits per heavy atom. The highest BCUT2D eigenvalue weighted by Gasteiger charge is 2.34. The fourth-order valence-corrected chi connectivity index (χ4v) is 11.1. The maximum absolute atomic E-state index is 5.17. The van der Waals surface area contributed by atoms with Gasteiger partial charge in [0, 0.05) is 0 Å². The number of thiazole rings is 2. The lowest BCUT2D eigenvalue weighted by molar-refractivity contribution is 0.597. The number of nitrogens with zero attached hydrogens (tertiary/aromatic N) is 2. The summed E-state index contributed by atoms with van der Waals surface area (Å²) in [5.41, 5.74) is 10.3. The molecular weight excluding hydrogens is 541 g/mol. The van der Waals surface area contributed by atoms with Crippen molar-refractivity contribution >= 4 is 75.2 Å². The van der Waals surface area contributed by atoms with E-state index in [2.05, 4.69) is 93.5 Å². The third-order valence-electron chi connectivity index (χ3n) is 7.42. The Morgan fingerprint density at radius 3 is 1.18 bits per heavy atom. The van der Waals surface area contributed by atoms with E-state index in [1.54, 1.807) is 0 Å². The summed E-state index contributed by atoms with van der Waals surface area (Å²) >= 11 is 7.56. The molecule has 4 heterocycles. The summed E-state index contributed by atoms with van der Waals surface area (Å²) in [4.78, 5) is 13.0. The highest BCUT2D eigenvalue weighted by Crippen LogP contribution is 2.55. The summed E-state index contributed by atoms with van der Waals surface area (Å²) in [6.07, 6.45) is 0. The van der Waals surface area contributed by atoms with Gasteiger partial charge in [-0.05, 0) is 96.2 Å². The first-order chi connectivity index (χ1) is 17.7. The molecule has 0 bridgehead atoms. The average molecular weight is 575 g/mol. The zero-order valence-corrected chi connectivity index (χ0v) is 27.1. The van der Waals surface area contributed by atoms with Crippen LogP contribution in [0.1, 0.15) is 74.9 Å². The highest BCUT2D eigenvalue weighted by molar-refractivity contribution is 7.35. The Balaban J connectivity index is 1.64. The summed E-state index contributed by atoms with van der Waals surface area (Å²) in [5.74, 6) is 0. The molecule has 0 spiro atoms. The van der Waals surface area contributed by atoms with Crippen molar-refractivity contribution < 1.29 is 0 Å². The zero-order valence-electron chi connectivity index (χ0n) is 23.8. The van der Waals surface area contributed by atoms with Gasteiger partial charge in [-0.3, -0.25) is 0 Å². The van der Waals surface area contributed by atoms with Crippen molar-refractivity contribution in [2.24, 2.45) is 0 Å². The maximum Gasteiger partial charge on any atom is 0.135 e. The van der Waals surface area contributed by atoms with Crippen molar-refractivity contribution in [3.8, 4) is 19.8 Å². The van der Waals surface area contributed by atoms with Crippen molar-refractivity contribution in [2.75, 3.05) is 0 Å². The Hall–Kier alpha value is -2.12. The Bertz CT molecular complexity index is 1660. The van der Waals surface area contributed by atoms with Crippen molar-refractivity contribution in [3.05, 3.63) is 57.6 Å². The van der Waals surface area contributed by atoms with Crippen LogP contribution >= 0.6 is 45.3 Å². The Labute approximate surface area is 241 Å². The number of thiophene rings is 2. The molecule has 0 amide bonds. The first kappa shape index (κ1) is 26.1. The van der Waals surface area contributed by atoms with Crippen LogP contribution < -0.4 is 0 Å². The van der Waals surface area contributed by atoms with Crippen molar-refractivity contribution in [3.63, 3.8) is 0 Å². The lowest BCUT2D eigenvalue weighted by atomic mass is 9.84. The number of hydrogen-bond donors (Lipinski definition) is 0. The molecule has 196 valence electrons. The SMILES string of the molecule is Cc1cc2nc(-c3sc4c(C(C)(C)C)c(-c5nc6cc(C)c(C)cc6s5)sc4c3C(C)(C)C)sc2cc1C. The molecule has 0 saturated heterocycles. The number of hydrogen-bond acceptors (Lipinski definition) is 6. The van der Waals surface area contributed by atoms with Crippen molar-refractivity contribution in [1.29, 1.82) is 0 Å². The van der Waals surface area contributed by atoms with E-state index in [0.29, 0.717) is 0 Å². The number of benzene rings is 2. The standard InChI is InChI=1S/C32H34N2S4/c1-15-11-19-21(13-17(15)3)35-29(33-19)27-23(31(5,6)7)25-26(37-27)24(32(8,9)10)28(38-25)30-34-20-12-16(2)18(4)14-22(20)36-30/h11-14H,1-10H3. The van der Waals surface area contributed by atoms with Crippen LogP contribution in [0.4, 0.5) is 0 Å². The van der Waals surface area contributed by atoms with Gasteiger partial charge in [-0.1, -0.05) is 41.5 Å². The Kier molecular flexibility index (Phi) is 5.97. The van der Waals surface area contributed by atoms with Gasteiger partial charge >= 0.3 is 0 Å². The van der Waals surface area contributed by atoms with Crippen LogP contribution in [0.3, 0.4) is 0 Å². The summed E-state index contributed by atoms with van der Waals surface area (Å²) in [6.45, 7) is 22.8. The third-order valence-corrected chi connectivity index (χ3v) is 12.3. The van der Waals surface area contributed by atoms with E-state index in [1.807, 2.05) is 45.3 Å². The van der Waals surface area contributed by atoms with Crippen LogP contribution in [0, 0.1) is 27.7 Å². The van der Waals surface area contributed by atoms with Gasteiger partial charge in [0.05, 0.1) is 39.6 Å². The topological polar surface area (TPSA) is 25.8 Å². The van der Waals surface area contributed by atoms with Crippen LogP contribution in [0.25, 0.3) is 49.6 Å². The van der Waals surface area contributed by atoms with E-state index in [0.717, 1.165) is 21.0 Å². The van der Waals surface area contributed by atoms with Crippen LogP contribution in [0.2, 0.25) is 0 Å². The fraction of sp³-hybridized carbons (Fsp3) is 0.375. The molecule has 2 nitrogen and oxygen atoms in total. The molecule has 0 aliphatic heterocycles. The zero-order chi connectivity index (χ0) is 27.3. The summed E-state index contributed by atoms with van der Waals surface area (Å²) < 4.78 is 5.37. The van der Waals surface area contributed by atoms with E-state index in [4.69, 9.17) is 9.97 Å². The van der Waals surface area contributed by atoms with Crippen LogP contribution in [0.15, 0.2) is 24.3 Å². The second kappa shape index (κ2) is 8.69. The van der Waals surface area contributed by atoms with Gasteiger partial charge in [0.25, 0.3) is 0 Å². The van der Waals surface area contributed by atoms with Gasteiger partial charge in [0.1, 0.15) is 10.0 Å². The Morgan fingerprint density at radius 1 is 0.500 bits per heavy atom. The van der Waals surface area contributed by atoms with Crippen LogP contribution in [-0.2, 0) is 10.8 Å². The molecular formula is C32H34N2S4. The smallest absolute Gasteiger partial charge is 0.135 e. The highest BCUT2D eigenvalue weighted by atomic mass is 32.1. The van der Waals surface area contributed by atoms with E-state index >= 15 is 0 Å². The summed E-state index contributed by atoms with van der Waals surface area (Å²) in [6, 6.07) is 9.08. The molecule has 6 rings (SSSR count). The van der Waals surface area contributed by atoms with E-state index in [-0.39, 0.29) is 10.8 Å². The minimum absolute atomic E-state index is 0.00361. The molecule has 2 aromatic carbocycles. The second-order valence-electron chi connectivity index (χ2n) is 12.6. The third kappa shape index (κ3) is 4.16. The molecule has 0 atom stereocenters. The van der Waals surface area contributed by atoms with Gasteiger partial charge in [-0.25, -0.2) is 9.97 Å². The second-order valence-corrected chi connectivity index (χ2v) is 16.7. The minimum Gasteiger partial charge on any atom is -0.235 e. The average Bonchev–Trinajstić information content (AvgIpc) is 3.53. The lowest BCUT2D eigenvalue weighted by Crippen LogP contribution is -2.11. The first-order valence-electron chi connectivity index (χ1n) is 13.1. The van der Waals surface area contributed by atoms with Crippen LogP contribution in [0.5, 0.6) is 0 Å². The molecule has 0 saturated carbocycles. The quantitative estimate of drug-likeness (QED) is 0.205. The minimum atomic E-state index is -0.00361. The molecule has 38 heavy (non-hydrogen) atoms. The fourth-order valence-electron chi connectivity index (χ4n) is 5.15. The number of aryl methyl sites for hydroxylation is 4. The van der Waals surface area contributed by atoms with Crippen molar-refractivity contribution in [1.82, 2.24) is 9.97 Å². The lowest BCUT2D eigenvalue weighted by Gasteiger charge is -2.19.